The van der Waals surface area contributed by atoms with Crippen LogP contribution in [0.2, 0.25) is 0 Å². The fraction of sp³-hybridized carbons (Fsp3) is 0.125. The highest BCUT2D eigenvalue weighted by Crippen LogP contribution is 2.17. The van der Waals surface area contributed by atoms with Crippen LogP contribution in [0.15, 0.2) is 48.5 Å². The van der Waals surface area contributed by atoms with E-state index >= 15 is 0 Å². The highest BCUT2D eigenvalue weighted by Gasteiger charge is 2.09. The Morgan fingerprint density at radius 3 is 1.95 bits per heavy atom. The third-order valence-electron chi connectivity index (χ3n) is 3.05. The van der Waals surface area contributed by atoms with Gasteiger partial charge in [-0.15, -0.1) is 0 Å². The summed E-state index contributed by atoms with van der Waals surface area (Å²) in [6, 6.07) is 13.9. The van der Waals surface area contributed by atoms with Crippen molar-refractivity contribution in [3.8, 4) is 5.75 Å². The molecule has 0 saturated carbocycles. The van der Waals surface area contributed by atoms with E-state index in [0.29, 0.717) is 16.9 Å². The van der Waals surface area contributed by atoms with Gasteiger partial charge in [0.15, 0.2) is 5.78 Å². The zero-order valence-electron chi connectivity index (χ0n) is 11.4. The number of benzene rings is 2. The topological polar surface area (TPSA) is 46.6 Å². The number of hydrogen-bond acceptors (Lipinski definition) is 3. The standard InChI is InChI=1S/C16H15NO3/c1-17(11-18)14-7-3-12(4-8-14)16(19)13-5-9-15(20-2)10-6-13/h3-11H,1-2H3. The number of ether oxygens (including phenoxy) is 1. The number of ketones is 1. The summed E-state index contributed by atoms with van der Waals surface area (Å²) in [4.78, 5) is 24.4. The van der Waals surface area contributed by atoms with Crippen LogP contribution >= 0.6 is 0 Å². The number of rotatable bonds is 5. The lowest BCUT2D eigenvalue weighted by molar-refractivity contribution is -0.107. The van der Waals surface area contributed by atoms with Crippen molar-refractivity contribution < 1.29 is 14.3 Å². The molecule has 0 N–H and O–H groups in total. The van der Waals surface area contributed by atoms with Crippen molar-refractivity contribution >= 4 is 17.9 Å². The molecule has 102 valence electrons. The van der Waals surface area contributed by atoms with Gasteiger partial charge in [0.1, 0.15) is 5.75 Å². The maximum Gasteiger partial charge on any atom is 0.213 e. The van der Waals surface area contributed by atoms with Gasteiger partial charge in [0.25, 0.3) is 0 Å². The summed E-state index contributed by atoms with van der Waals surface area (Å²) in [5.74, 6) is 0.650. The molecule has 0 radical (unpaired) electrons. The van der Waals surface area contributed by atoms with Crippen LogP contribution in [0.4, 0.5) is 5.69 Å². The molecule has 0 bridgehead atoms. The third-order valence-corrected chi connectivity index (χ3v) is 3.05. The highest BCUT2D eigenvalue weighted by atomic mass is 16.5. The zero-order valence-corrected chi connectivity index (χ0v) is 11.4. The van der Waals surface area contributed by atoms with Crippen LogP contribution in [-0.4, -0.2) is 26.4 Å². The third kappa shape index (κ3) is 2.85. The number of carbonyl (C=O) groups excluding carboxylic acids is 2. The van der Waals surface area contributed by atoms with E-state index in [2.05, 4.69) is 0 Å². The van der Waals surface area contributed by atoms with E-state index in [1.807, 2.05) is 0 Å². The van der Waals surface area contributed by atoms with Gasteiger partial charge in [0.05, 0.1) is 7.11 Å². The SMILES string of the molecule is COc1ccc(C(=O)c2ccc(N(C)C=O)cc2)cc1. The van der Waals surface area contributed by atoms with Crippen molar-refractivity contribution in [1.82, 2.24) is 0 Å². The van der Waals surface area contributed by atoms with Gasteiger partial charge in [0.2, 0.25) is 6.41 Å². The smallest absolute Gasteiger partial charge is 0.213 e. The Hall–Kier alpha value is -2.62. The molecule has 4 nitrogen and oxygen atoms in total. The van der Waals surface area contributed by atoms with Crippen molar-refractivity contribution in [2.24, 2.45) is 0 Å². The number of methoxy groups -OCH3 is 1. The van der Waals surface area contributed by atoms with Crippen LogP contribution in [-0.2, 0) is 4.79 Å². The summed E-state index contributed by atoms with van der Waals surface area (Å²) < 4.78 is 5.06. The van der Waals surface area contributed by atoms with Gasteiger partial charge in [0, 0.05) is 23.9 Å². The van der Waals surface area contributed by atoms with Gasteiger partial charge < -0.3 is 9.64 Å². The van der Waals surface area contributed by atoms with Crippen molar-refractivity contribution in [2.75, 3.05) is 19.1 Å². The predicted octanol–water partition coefficient (Wildman–Crippen LogP) is 2.52. The minimum absolute atomic E-state index is 0.0621. The van der Waals surface area contributed by atoms with E-state index < -0.39 is 0 Å². The quantitative estimate of drug-likeness (QED) is 0.619. The first kappa shape index (κ1) is 13.8. The fourth-order valence-electron chi connectivity index (χ4n) is 1.82. The molecule has 2 aromatic carbocycles. The lowest BCUT2D eigenvalue weighted by atomic mass is 10.0. The molecule has 0 atom stereocenters. The molecule has 0 saturated heterocycles. The minimum Gasteiger partial charge on any atom is -0.497 e. The maximum absolute atomic E-state index is 12.3. The second kappa shape index (κ2) is 6.02. The van der Waals surface area contributed by atoms with Crippen molar-refractivity contribution in [1.29, 1.82) is 0 Å². The van der Waals surface area contributed by atoms with Gasteiger partial charge in [-0.3, -0.25) is 9.59 Å². The molecule has 0 aliphatic rings. The first-order valence-electron chi connectivity index (χ1n) is 6.12. The second-order valence-corrected chi connectivity index (χ2v) is 4.32. The molecular formula is C16H15NO3. The van der Waals surface area contributed by atoms with Gasteiger partial charge in [-0.2, -0.15) is 0 Å². The molecule has 0 aliphatic carbocycles. The lowest BCUT2D eigenvalue weighted by Crippen LogP contribution is -2.13. The van der Waals surface area contributed by atoms with E-state index in [1.165, 1.54) is 4.90 Å². The van der Waals surface area contributed by atoms with Gasteiger partial charge in [-0.1, -0.05) is 0 Å². The summed E-state index contributed by atoms with van der Waals surface area (Å²) in [6.07, 6.45) is 0.723. The number of nitrogens with zero attached hydrogens (tertiary/aromatic N) is 1. The average Bonchev–Trinajstić information content (AvgIpc) is 2.53. The normalized spacial score (nSPS) is 9.90. The summed E-state index contributed by atoms with van der Waals surface area (Å²) in [5, 5.41) is 0. The molecular weight excluding hydrogens is 254 g/mol. The molecule has 0 unspecified atom stereocenters. The molecule has 20 heavy (non-hydrogen) atoms. The monoisotopic (exact) mass is 269 g/mol. The van der Waals surface area contributed by atoms with Crippen molar-refractivity contribution in [3.05, 3.63) is 59.7 Å². The first-order valence-corrected chi connectivity index (χ1v) is 6.12. The molecule has 2 rings (SSSR count). The Balaban J connectivity index is 2.21. The molecule has 0 aromatic heterocycles. The van der Waals surface area contributed by atoms with E-state index in [4.69, 9.17) is 4.74 Å². The Kier molecular flexibility index (Phi) is 4.15. The summed E-state index contributed by atoms with van der Waals surface area (Å²) >= 11 is 0. The van der Waals surface area contributed by atoms with E-state index in [9.17, 15) is 9.59 Å². The van der Waals surface area contributed by atoms with E-state index in [0.717, 1.165) is 12.1 Å². The number of hydrogen-bond donors (Lipinski definition) is 0. The largest absolute Gasteiger partial charge is 0.497 e. The Morgan fingerprint density at radius 2 is 1.50 bits per heavy atom. The van der Waals surface area contributed by atoms with E-state index in [1.54, 1.807) is 62.7 Å². The van der Waals surface area contributed by atoms with Crippen LogP contribution in [0.3, 0.4) is 0 Å². The highest BCUT2D eigenvalue weighted by molar-refractivity contribution is 6.09. The summed E-state index contributed by atoms with van der Waals surface area (Å²) in [7, 11) is 3.24. The summed E-state index contributed by atoms with van der Waals surface area (Å²) in [6.45, 7) is 0. The predicted molar refractivity (Wildman–Crippen MR) is 77.3 cm³/mol. The minimum atomic E-state index is -0.0621. The molecule has 4 heteroatoms. The van der Waals surface area contributed by atoms with Gasteiger partial charge >= 0.3 is 0 Å². The van der Waals surface area contributed by atoms with Crippen LogP contribution in [0.1, 0.15) is 15.9 Å². The summed E-state index contributed by atoms with van der Waals surface area (Å²) in [5.41, 5.74) is 1.92. The molecule has 2 aromatic rings. The number of carbonyl (C=O) groups is 2. The number of amides is 1. The molecule has 1 amide bonds. The average molecular weight is 269 g/mol. The molecule has 0 fully saturated rings. The first-order chi connectivity index (χ1) is 9.65. The van der Waals surface area contributed by atoms with Crippen molar-refractivity contribution in [2.45, 2.75) is 0 Å². The fourth-order valence-corrected chi connectivity index (χ4v) is 1.82. The Bertz CT molecular complexity index is 603. The van der Waals surface area contributed by atoms with Gasteiger partial charge in [-0.05, 0) is 48.5 Å². The molecule has 0 heterocycles. The zero-order chi connectivity index (χ0) is 14.5. The van der Waals surface area contributed by atoms with Gasteiger partial charge in [-0.25, -0.2) is 0 Å². The van der Waals surface area contributed by atoms with Crippen LogP contribution in [0.5, 0.6) is 5.75 Å². The lowest BCUT2D eigenvalue weighted by Gasteiger charge is -2.10. The number of anilines is 1. The maximum atomic E-state index is 12.3. The Morgan fingerprint density at radius 1 is 1.00 bits per heavy atom. The van der Waals surface area contributed by atoms with Crippen LogP contribution in [0.25, 0.3) is 0 Å². The van der Waals surface area contributed by atoms with Crippen molar-refractivity contribution in [3.63, 3.8) is 0 Å². The molecule has 0 spiro atoms. The molecule has 0 aliphatic heterocycles. The van der Waals surface area contributed by atoms with E-state index in [-0.39, 0.29) is 5.78 Å². The Labute approximate surface area is 117 Å². The van der Waals surface area contributed by atoms with Crippen LogP contribution < -0.4 is 9.64 Å². The van der Waals surface area contributed by atoms with Crippen LogP contribution in [0, 0.1) is 0 Å². The second-order valence-electron chi connectivity index (χ2n) is 4.32.